The minimum Gasteiger partial charge on any atom is -0.462 e. The van der Waals surface area contributed by atoms with Gasteiger partial charge in [0.15, 0.2) is 0 Å². The van der Waals surface area contributed by atoms with E-state index in [-0.39, 0.29) is 12.4 Å². The third-order valence-corrected chi connectivity index (χ3v) is 2.88. The molecule has 0 atom stereocenters. The number of amides is 1. The number of nitrogens with zero attached hydrogens (tertiary/aromatic N) is 1. The molecule has 94 valence electrons. The number of carbonyl (C=O) groups is 2. The van der Waals surface area contributed by atoms with E-state index in [1.807, 2.05) is 0 Å². The Balaban J connectivity index is 2.13. The van der Waals surface area contributed by atoms with E-state index in [4.69, 9.17) is 9.26 Å². The van der Waals surface area contributed by atoms with E-state index in [2.05, 4.69) is 10.5 Å². The van der Waals surface area contributed by atoms with Crippen LogP contribution in [0.3, 0.4) is 0 Å². The molecule has 1 amide bonds. The molecule has 0 spiro atoms. The van der Waals surface area contributed by atoms with Crippen LogP contribution in [0.2, 0.25) is 0 Å². The van der Waals surface area contributed by atoms with Crippen molar-refractivity contribution < 1.29 is 18.8 Å². The second-order valence-corrected chi connectivity index (χ2v) is 4.13. The molecular formula is C11H10N2O4S. The number of carbonyl (C=O) groups excluding carboxylic acids is 2. The predicted molar refractivity (Wildman–Crippen MR) is 64.7 cm³/mol. The number of hydrogen-bond donors (Lipinski definition) is 1. The first-order chi connectivity index (χ1) is 8.72. The molecule has 0 saturated heterocycles. The molecule has 2 aromatic heterocycles. The third kappa shape index (κ3) is 2.57. The van der Waals surface area contributed by atoms with Gasteiger partial charge < -0.3 is 14.6 Å². The van der Waals surface area contributed by atoms with Crippen molar-refractivity contribution in [3.8, 4) is 0 Å². The van der Waals surface area contributed by atoms with Gasteiger partial charge in [0.2, 0.25) is 5.76 Å². The highest BCUT2D eigenvalue weighted by atomic mass is 32.1. The lowest BCUT2D eigenvalue weighted by atomic mass is 10.3. The molecule has 18 heavy (non-hydrogen) atoms. The summed E-state index contributed by atoms with van der Waals surface area (Å²) in [5.74, 6) is -0.842. The summed E-state index contributed by atoms with van der Waals surface area (Å²) in [6.07, 6.45) is 1.37. The zero-order chi connectivity index (χ0) is 13.0. The smallest absolute Gasteiger partial charge is 0.341 e. The summed E-state index contributed by atoms with van der Waals surface area (Å²) in [6, 6.07) is 3.03. The van der Waals surface area contributed by atoms with Gasteiger partial charge in [-0.1, -0.05) is 5.16 Å². The second-order valence-electron chi connectivity index (χ2n) is 3.21. The van der Waals surface area contributed by atoms with Crippen LogP contribution in [0.15, 0.2) is 28.2 Å². The van der Waals surface area contributed by atoms with Crippen LogP contribution in [-0.4, -0.2) is 23.6 Å². The Labute approximate surface area is 107 Å². The highest BCUT2D eigenvalue weighted by molar-refractivity contribution is 7.14. The van der Waals surface area contributed by atoms with Crippen LogP contribution in [-0.2, 0) is 4.74 Å². The molecule has 0 saturated carbocycles. The maximum absolute atomic E-state index is 11.7. The van der Waals surface area contributed by atoms with Gasteiger partial charge in [0.1, 0.15) is 5.00 Å². The molecule has 6 nitrogen and oxygen atoms in total. The fraction of sp³-hybridized carbons (Fsp3) is 0.182. The molecule has 0 aromatic carbocycles. The number of aromatic nitrogens is 1. The average Bonchev–Trinajstić information content (AvgIpc) is 2.99. The minimum atomic E-state index is -0.466. The molecule has 0 bridgehead atoms. The second kappa shape index (κ2) is 5.46. The first-order valence-electron chi connectivity index (χ1n) is 5.19. The normalized spacial score (nSPS) is 10.1. The Kier molecular flexibility index (Phi) is 3.73. The van der Waals surface area contributed by atoms with Crippen molar-refractivity contribution in [1.82, 2.24) is 5.16 Å². The lowest BCUT2D eigenvalue weighted by Crippen LogP contribution is -2.13. The van der Waals surface area contributed by atoms with Crippen LogP contribution in [0.4, 0.5) is 5.00 Å². The first kappa shape index (κ1) is 12.3. The summed E-state index contributed by atoms with van der Waals surface area (Å²) < 4.78 is 9.60. The van der Waals surface area contributed by atoms with Gasteiger partial charge in [-0.05, 0) is 18.4 Å². The molecule has 0 radical (unpaired) electrons. The van der Waals surface area contributed by atoms with Gasteiger partial charge in [0.25, 0.3) is 5.91 Å². The van der Waals surface area contributed by atoms with Gasteiger partial charge in [-0.15, -0.1) is 11.3 Å². The molecule has 7 heteroatoms. The maximum Gasteiger partial charge on any atom is 0.341 e. The Hall–Kier alpha value is -2.15. The van der Waals surface area contributed by atoms with E-state index in [9.17, 15) is 9.59 Å². The summed E-state index contributed by atoms with van der Waals surface area (Å²) in [6.45, 7) is 2.00. The lowest BCUT2D eigenvalue weighted by molar-refractivity contribution is 0.0528. The Morgan fingerprint density at radius 2 is 2.33 bits per heavy atom. The van der Waals surface area contributed by atoms with Gasteiger partial charge in [0.05, 0.1) is 18.4 Å². The van der Waals surface area contributed by atoms with Crippen molar-refractivity contribution in [2.45, 2.75) is 6.92 Å². The quantitative estimate of drug-likeness (QED) is 0.857. The molecule has 1 N–H and O–H groups in total. The Morgan fingerprint density at radius 1 is 1.50 bits per heavy atom. The van der Waals surface area contributed by atoms with E-state index in [1.54, 1.807) is 18.4 Å². The molecule has 2 heterocycles. The highest BCUT2D eigenvalue weighted by Gasteiger charge is 2.18. The number of nitrogens with one attached hydrogen (secondary N) is 1. The monoisotopic (exact) mass is 266 g/mol. The van der Waals surface area contributed by atoms with Crippen molar-refractivity contribution in [1.29, 1.82) is 0 Å². The standard InChI is InChI=1S/C11H10N2O4S/c1-2-16-11(15)7-4-6-18-10(7)13-9(14)8-3-5-12-17-8/h3-6H,2H2,1H3,(H,13,14). The van der Waals surface area contributed by atoms with Crippen LogP contribution in [0.5, 0.6) is 0 Å². The number of rotatable bonds is 4. The lowest BCUT2D eigenvalue weighted by Gasteiger charge is -2.04. The fourth-order valence-corrected chi connectivity index (χ4v) is 2.04. The van der Waals surface area contributed by atoms with Crippen molar-refractivity contribution in [3.63, 3.8) is 0 Å². The molecule has 0 aliphatic heterocycles. The van der Waals surface area contributed by atoms with Crippen LogP contribution < -0.4 is 5.32 Å². The van der Waals surface area contributed by atoms with Gasteiger partial charge in [0, 0.05) is 6.07 Å². The van der Waals surface area contributed by atoms with Crippen molar-refractivity contribution in [2.75, 3.05) is 11.9 Å². The zero-order valence-electron chi connectivity index (χ0n) is 9.50. The molecular weight excluding hydrogens is 256 g/mol. The van der Waals surface area contributed by atoms with Gasteiger partial charge in [-0.25, -0.2) is 4.79 Å². The number of anilines is 1. The molecule has 0 aliphatic rings. The topological polar surface area (TPSA) is 81.4 Å². The highest BCUT2D eigenvalue weighted by Crippen LogP contribution is 2.24. The summed E-state index contributed by atoms with van der Waals surface area (Å²) in [7, 11) is 0. The van der Waals surface area contributed by atoms with Gasteiger partial charge in [-0.2, -0.15) is 0 Å². The van der Waals surface area contributed by atoms with Crippen LogP contribution in [0.25, 0.3) is 0 Å². The summed E-state index contributed by atoms with van der Waals surface area (Å²) >= 11 is 1.23. The summed E-state index contributed by atoms with van der Waals surface area (Å²) in [4.78, 5) is 23.3. The van der Waals surface area contributed by atoms with Crippen molar-refractivity contribution in [2.24, 2.45) is 0 Å². The largest absolute Gasteiger partial charge is 0.462 e. The van der Waals surface area contributed by atoms with E-state index < -0.39 is 11.9 Å². The van der Waals surface area contributed by atoms with Gasteiger partial charge in [-0.3, -0.25) is 4.79 Å². The van der Waals surface area contributed by atoms with Crippen molar-refractivity contribution in [3.05, 3.63) is 35.0 Å². The first-order valence-corrected chi connectivity index (χ1v) is 6.07. The molecule has 2 rings (SSSR count). The molecule has 0 unspecified atom stereocenters. The zero-order valence-corrected chi connectivity index (χ0v) is 10.3. The van der Waals surface area contributed by atoms with E-state index in [1.165, 1.54) is 23.6 Å². The Morgan fingerprint density at radius 3 is 3.00 bits per heavy atom. The number of hydrogen-bond acceptors (Lipinski definition) is 6. The fourth-order valence-electron chi connectivity index (χ4n) is 1.27. The van der Waals surface area contributed by atoms with Crippen LogP contribution in [0, 0.1) is 0 Å². The van der Waals surface area contributed by atoms with E-state index in [0.29, 0.717) is 10.6 Å². The van der Waals surface area contributed by atoms with Crippen LogP contribution >= 0.6 is 11.3 Å². The van der Waals surface area contributed by atoms with Crippen LogP contribution in [0.1, 0.15) is 27.8 Å². The SMILES string of the molecule is CCOC(=O)c1ccsc1NC(=O)c1ccno1. The van der Waals surface area contributed by atoms with E-state index in [0.717, 1.165) is 0 Å². The third-order valence-electron chi connectivity index (χ3n) is 2.05. The van der Waals surface area contributed by atoms with Crippen molar-refractivity contribution >= 4 is 28.2 Å². The summed E-state index contributed by atoms with van der Waals surface area (Å²) in [5.41, 5.74) is 0.328. The Bertz CT molecular complexity index is 547. The number of ether oxygens (including phenoxy) is 1. The number of esters is 1. The maximum atomic E-state index is 11.7. The van der Waals surface area contributed by atoms with E-state index >= 15 is 0 Å². The molecule has 0 aliphatic carbocycles. The average molecular weight is 266 g/mol. The number of thiophene rings is 1. The summed E-state index contributed by atoms with van der Waals surface area (Å²) in [5, 5.41) is 8.14. The van der Waals surface area contributed by atoms with Gasteiger partial charge >= 0.3 is 5.97 Å². The molecule has 0 fully saturated rings. The predicted octanol–water partition coefficient (Wildman–Crippen LogP) is 2.17. The molecule has 2 aromatic rings. The minimum absolute atomic E-state index is 0.0817.